The van der Waals surface area contributed by atoms with Gasteiger partial charge in [0.25, 0.3) is 5.91 Å². The quantitative estimate of drug-likeness (QED) is 0.682. The molecule has 0 unspecified atom stereocenters. The number of carbonyl (C=O) groups excluding carboxylic acids is 1. The van der Waals surface area contributed by atoms with Crippen LogP contribution in [0.1, 0.15) is 40.6 Å². The summed E-state index contributed by atoms with van der Waals surface area (Å²) in [5.74, 6) is 1.43. The molecule has 0 radical (unpaired) electrons. The first kappa shape index (κ1) is 18.7. The first-order chi connectivity index (χ1) is 13.6. The van der Waals surface area contributed by atoms with Gasteiger partial charge in [0.05, 0.1) is 12.1 Å². The van der Waals surface area contributed by atoms with Crippen LogP contribution in [0, 0.1) is 6.92 Å². The zero-order valence-corrected chi connectivity index (χ0v) is 16.9. The lowest BCUT2D eigenvalue weighted by Gasteiger charge is -2.32. The van der Waals surface area contributed by atoms with Crippen LogP contribution < -0.4 is 0 Å². The van der Waals surface area contributed by atoms with Crippen LogP contribution in [0.3, 0.4) is 0 Å². The van der Waals surface area contributed by atoms with Crippen molar-refractivity contribution >= 4 is 16.8 Å². The molecule has 1 aliphatic rings. The van der Waals surface area contributed by atoms with Crippen LogP contribution >= 0.6 is 0 Å². The number of likely N-dealkylation sites (tertiary alicyclic amines) is 1. The van der Waals surface area contributed by atoms with E-state index in [1.807, 2.05) is 41.0 Å². The molecular weight excluding hydrogens is 352 g/mol. The standard InChI is InChI=1S/C22H28N4O2/c1-16-6-4-7-17-14-19(24(2)20(16)17)22(27)26-10-5-8-18(15-26)21-23-9-11-25(21)12-13-28-3/h4,6-7,9,11,14,18H,5,8,10,12-13,15H2,1-3H3/t18-/m0/s1. The smallest absolute Gasteiger partial charge is 0.270 e. The normalized spacial score (nSPS) is 17.4. The largest absolute Gasteiger partial charge is 0.383 e. The second kappa shape index (κ2) is 7.80. The Balaban J connectivity index is 1.57. The minimum atomic E-state index is 0.109. The third-order valence-electron chi connectivity index (χ3n) is 5.83. The maximum atomic E-state index is 13.3. The molecule has 1 saturated heterocycles. The van der Waals surface area contributed by atoms with Gasteiger partial charge >= 0.3 is 0 Å². The van der Waals surface area contributed by atoms with Gasteiger partial charge in [0.15, 0.2) is 0 Å². The molecule has 0 N–H and O–H groups in total. The lowest BCUT2D eigenvalue weighted by Crippen LogP contribution is -2.40. The van der Waals surface area contributed by atoms with Crippen LogP contribution in [0.5, 0.6) is 0 Å². The fourth-order valence-electron chi connectivity index (χ4n) is 4.42. The number of amides is 1. The predicted molar refractivity (Wildman–Crippen MR) is 110 cm³/mol. The average molecular weight is 380 g/mol. The van der Waals surface area contributed by atoms with Gasteiger partial charge in [0.2, 0.25) is 0 Å². The average Bonchev–Trinajstić information content (AvgIpc) is 3.31. The van der Waals surface area contributed by atoms with Gasteiger partial charge in [-0.05, 0) is 31.4 Å². The number of carbonyl (C=O) groups is 1. The monoisotopic (exact) mass is 380 g/mol. The lowest BCUT2D eigenvalue weighted by atomic mass is 9.96. The number of hydrogen-bond acceptors (Lipinski definition) is 3. The maximum Gasteiger partial charge on any atom is 0.270 e. The number of para-hydroxylation sites is 1. The van der Waals surface area contributed by atoms with E-state index in [1.165, 1.54) is 5.56 Å². The molecule has 148 valence electrons. The summed E-state index contributed by atoms with van der Waals surface area (Å²) in [6.45, 7) is 5.05. The van der Waals surface area contributed by atoms with Gasteiger partial charge in [-0.3, -0.25) is 4.79 Å². The summed E-state index contributed by atoms with van der Waals surface area (Å²) in [7, 11) is 3.70. The van der Waals surface area contributed by atoms with Crippen molar-refractivity contribution in [2.24, 2.45) is 7.05 Å². The molecule has 6 heteroatoms. The molecule has 0 spiro atoms. The third-order valence-corrected chi connectivity index (χ3v) is 5.83. The van der Waals surface area contributed by atoms with E-state index in [0.717, 1.165) is 48.4 Å². The Labute approximate surface area is 165 Å². The van der Waals surface area contributed by atoms with Gasteiger partial charge in [0.1, 0.15) is 11.5 Å². The Hall–Kier alpha value is -2.60. The maximum absolute atomic E-state index is 13.3. The predicted octanol–water partition coefficient (Wildman–Crippen LogP) is 3.35. The van der Waals surface area contributed by atoms with Crippen molar-refractivity contribution in [3.63, 3.8) is 0 Å². The van der Waals surface area contributed by atoms with Crippen LogP contribution in [0.15, 0.2) is 36.7 Å². The Kier molecular flexibility index (Phi) is 5.22. The number of nitrogens with zero attached hydrogens (tertiary/aromatic N) is 4. The number of piperidine rings is 1. The van der Waals surface area contributed by atoms with Crippen molar-refractivity contribution in [1.29, 1.82) is 0 Å². The topological polar surface area (TPSA) is 52.3 Å². The van der Waals surface area contributed by atoms with Crippen LogP contribution in [-0.2, 0) is 18.3 Å². The van der Waals surface area contributed by atoms with E-state index in [-0.39, 0.29) is 11.8 Å². The van der Waals surface area contributed by atoms with Gasteiger partial charge in [-0.15, -0.1) is 0 Å². The van der Waals surface area contributed by atoms with Crippen molar-refractivity contribution in [2.45, 2.75) is 32.2 Å². The highest BCUT2D eigenvalue weighted by Crippen LogP contribution is 2.28. The van der Waals surface area contributed by atoms with Gasteiger partial charge in [-0.25, -0.2) is 4.98 Å². The summed E-state index contributed by atoms with van der Waals surface area (Å²) < 4.78 is 9.40. The molecule has 4 rings (SSSR count). The van der Waals surface area contributed by atoms with Crippen LogP contribution in [-0.4, -0.2) is 51.7 Å². The number of imidazole rings is 1. The van der Waals surface area contributed by atoms with Crippen molar-refractivity contribution in [3.05, 3.63) is 53.7 Å². The van der Waals surface area contributed by atoms with E-state index < -0.39 is 0 Å². The van der Waals surface area contributed by atoms with Crippen LogP contribution in [0.4, 0.5) is 0 Å². The first-order valence-corrected chi connectivity index (χ1v) is 9.94. The van der Waals surface area contributed by atoms with E-state index >= 15 is 0 Å². The Morgan fingerprint density at radius 3 is 3.00 bits per heavy atom. The van der Waals surface area contributed by atoms with Crippen LogP contribution in [0.25, 0.3) is 10.9 Å². The second-order valence-electron chi connectivity index (χ2n) is 7.66. The lowest BCUT2D eigenvalue weighted by molar-refractivity contribution is 0.0693. The summed E-state index contributed by atoms with van der Waals surface area (Å²) in [6, 6.07) is 8.23. The summed E-state index contributed by atoms with van der Waals surface area (Å²) in [6.07, 6.45) is 5.90. The fourth-order valence-corrected chi connectivity index (χ4v) is 4.42. The number of aromatic nitrogens is 3. The molecule has 1 amide bonds. The summed E-state index contributed by atoms with van der Waals surface area (Å²) in [5.41, 5.74) is 3.08. The van der Waals surface area contributed by atoms with Crippen molar-refractivity contribution in [2.75, 3.05) is 26.8 Å². The van der Waals surface area contributed by atoms with Gasteiger partial charge in [0, 0.05) is 57.5 Å². The van der Waals surface area contributed by atoms with Crippen LogP contribution in [0.2, 0.25) is 0 Å². The minimum absolute atomic E-state index is 0.109. The summed E-state index contributed by atoms with van der Waals surface area (Å²) >= 11 is 0. The second-order valence-corrected chi connectivity index (χ2v) is 7.66. The molecule has 28 heavy (non-hydrogen) atoms. The fraction of sp³-hybridized carbons (Fsp3) is 0.455. The van der Waals surface area contributed by atoms with E-state index in [1.54, 1.807) is 7.11 Å². The van der Waals surface area contributed by atoms with Crippen molar-refractivity contribution in [1.82, 2.24) is 19.0 Å². The Morgan fingerprint density at radius 2 is 2.21 bits per heavy atom. The number of methoxy groups -OCH3 is 1. The molecular formula is C22H28N4O2. The molecule has 3 heterocycles. The van der Waals surface area contributed by atoms with E-state index in [2.05, 4.69) is 28.6 Å². The van der Waals surface area contributed by atoms with Crippen molar-refractivity contribution < 1.29 is 9.53 Å². The van der Waals surface area contributed by atoms with E-state index in [0.29, 0.717) is 13.2 Å². The molecule has 1 aromatic carbocycles. The molecule has 1 fully saturated rings. The van der Waals surface area contributed by atoms with E-state index in [4.69, 9.17) is 4.74 Å². The SMILES string of the molecule is COCCn1ccnc1[C@H]1CCCN(C(=O)c2cc3cccc(C)c3n2C)C1. The Morgan fingerprint density at radius 1 is 1.36 bits per heavy atom. The summed E-state index contributed by atoms with van der Waals surface area (Å²) in [4.78, 5) is 19.9. The Bertz CT molecular complexity index is 988. The van der Waals surface area contributed by atoms with Gasteiger partial charge < -0.3 is 18.8 Å². The summed E-state index contributed by atoms with van der Waals surface area (Å²) in [5, 5.41) is 1.12. The zero-order chi connectivity index (χ0) is 19.7. The molecule has 2 aromatic heterocycles. The number of ether oxygens (including phenoxy) is 1. The van der Waals surface area contributed by atoms with E-state index in [9.17, 15) is 4.79 Å². The van der Waals surface area contributed by atoms with Gasteiger partial charge in [-0.2, -0.15) is 0 Å². The molecule has 0 bridgehead atoms. The highest BCUT2D eigenvalue weighted by atomic mass is 16.5. The van der Waals surface area contributed by atoms with Crippen molar-refractivity contribution in [3.8, 4) is 0 Å². The number of benzene rings is 1. The molecule has 0 aliphatic carbocycles. The molecule has 1 atom stereocenters. The molecule has 0 saturated carbocycles. The number of fused-ring (bicyclic) bond motifs is 1. The molecule has 6 nitrogen and oxygen atoms in total. The zero-order valence-electron chi connectivity index (χ0n) is 16.9. The number of aryl methyl sites for hydroxylation is 2. The molecule has 3 aromatic rings. The molecule has 1 aliphatic heterocycles. The minimum Gasteiger partial charge on any atom is -0.383 e. The highest BCUT2D eigenvalue weighted by molar-refractivity contribution is 5.99. The highest BCUT2D eigenvalue weighted by Gasteiger charge is 2.29. The number of hydrogen-bond donors (Lipinski definition) is 0. The first-order valence-electron chi connectivity index (χ1n) is 9.94. The number of rotatable bonds is 5. The van der Waals surface area contributed by atoms with Gasteiger partial charge in [-0.1, -0.05) is 18.2 Å². The third kappa shape index (κ3) is 3.33.